The van der Waals surface area contributed by atoms with Crippen LogP contribution in [-0.2, 0) is 15.8 Å². The molecule has 0 aromatic heterocycles. The van der Waals surface area contributed by atoms with Crippen LogP contribution in [0.1, 0.15) is 45.5 Å². The molecule has 4 nitrogen and oxygen atoms in total. The van der Waals surface area contributed by atoms with Crippen molar-refractivity contribution in [3.05, 3.63) is 106 Å². The molecule has 5 heteroatoms. The molecule has 3 N–H and O–H groups in total. The van der Waals surface area contributed by atoms with E-state index in [1.807, 2.05) is 93.6 Å². The number of sulfonamides is 1. The van der Waals surface area contributed by atoms with Crippen LogP contribution in [0.3, 0.4) is 0 Å². The van der Waals surface area contributed by atoms with Crippen LogP contribution in [-0.4, -0.2) is 8.42 Å². The number of nitrogens with one attached hydrogen (secondary N) is 1. The fraction of sp³-hybridized carbons (Fsp3) is 0.250. The summed E-state index contributed by atoms with van der Waals surface area (Å²) in [5.74, 6) is -0.0786. The highest BCUT2D eigenvalue weighted by molar-refractivity contribution is 7.88. The molecule has 3 rings (SSSR count). The Kier molecular flexibility index (Phi) is 6.52. The fourth-order valence-electron chi connectivity index (χ4n) is 3.49. The van der Waals surface area contributed by atoms with Crippen molar-refractivity contribution < 1.29 is 8.42 Å². The lowest BCUT2D eigenvalue weighted by Gasteiger charge is -2.26. The molecule has 2 atom stereocenters. The van der Waals surface area contributed by atoms with E-state index in [1.54, 1.807) is 0 Å². The van der Waals surface area contributed by atoms with Gasteiger partial charge in [0.25, 0.3) is 0 Å². The van der Waals surface area contributed by atoms with Gasteiger partial charge in [-0.3, -0.25) is 0 Å². The maximum Gasteiger partial charge on any atom is 0.216 e. The third kappa shape index (κ3) is 5.32. The Morgan fingerprint density at radius 1 is 0.793 bits per heavy atom. The Bertz CT molecular complexity index is 1060. The number of rotatable bonds is 7. The van der Waals surface area contributed by atoms with Crippen molar-refractivity contribution in [2.45, 2.75) is 38.6 Å². The minimum absolute atomic E-state index is 0.0786. The summed E-state index contributed by atoms with van der Waals surface area (Å²) in [5.41, 5.74) is 12.3. The van der Waals surface area contributed by atoms with Gasteiger partial charge >= 0.3 is 0 Å². The number of benzene rings is 3. The van der Waals surface area contributed by atoms with Gasteiger partial charge < -0.3 is 5.73 Å². The molecule has 0 aliphatic carbocycles. The highest BCUT2D eigenvalue weighted by Crippen LogP contribution is 2.28. The molecule has 0 heterocycles. The molecule has 0 aliphatic heterocycles. The maximum absolute atomic E-state index is 13.1. The second-order valence-electron chi connectivity index (χ2n) is 7.56. The molecule has 0 fully saturated rings. The summed E-state index contributed by atoms with van der Waals surface area (Å²) in [4.78, 5) is 0. The molecule has 3 aromatic carbocycles. The summed E-state index contributed by atoms with van der Waals surface area (Å²) in [5, 5.41) is 0. The van der Waals surface area contributed by atoms with Crippen LogP contribution < -0.4 is 10.5 Å². The Hall–Kier alpha value is -2.47. The zero-order valence-electron chi connectivity index (χ0n) is 17.1. The summed E-state index contributed by atoms with van der Waals surface area (Å²) in [6.07, 6.45) is 0. The minimum Gasteiger partial charge on any atom is -0.322 e. The first-order valence-corrected chi connectivity index (χ1v) is 11.3. The summed E-state index contributed by atoms with van der Waals surface area (Å²) >= 11 is 0. The molecule has 2 unspecified atom stereocenters. The lowest BCUT2D eigenvalue weighted by molar-refractivity contribution is 0.503. The second-order valence-corrected chi connectivity index (χ2v) is 9.32. The standard InChI is InChI=1S/C24H28N2O2S/c1-17-14-19(3)22(15-18(17)2)16-29(27,28)26-24(21-12-8-5-9-13-21)23(25)20-10-6-4-7-11-20/h4-15,23-24,26H,16,25H2,1-3H3. The average molecular weight is 409 g/mol. The smallest absolute Gasteiger partial charge is 0.216 e. The van der Waals surface area contributed by atoms with Gasteiger partial charge in [0, 0.05) is 0 Å². The molecule has 0 saturated heterocycles. The van der Waals surface area contributed by atoms with Crippen LogP contribution in [0.4, 0.5) is 0 Å². The molecular weight excluding hydrogens is 380 g/mol. The largest absolute Gasteiger partial charge is 0.322 e. The molecule has 0 amide bonds. The zero-order valence-corrected chi connectivity index (χ0v) is 17.9. The Labute approximate surface area is 173 Å². The van der Waals surface area contributed by atoms with E-state index in [2.05, 4.69) is 4.72 Å². The van der Waals surface area contributed by atoms with Gasteiger partial charge in [-0.2, -0.15) is 0 Å². The van der Waals surface area contributed by atoms with Crippen molar-refractivity contribution in [1.29, 1.82) is 0 Å². The van der Waals surface area contributed by atoms with E-state index >= 15 is 0 Å². The van der Waals surface area contributed by atoms with Crippen molar-refractivity contribution in [3.8, 4) is 0 Å². The maximum atomic E-state index is 13.1. The summed E-state index contributed by atoms with van der Waals surface area (Å²) in [7, 11) is -3.62. The fourth-order valence-corrected chi connectivity index (χ4v) is 4.97. The molecule has 0 radical (unpaired) electrons. The van der Waals surface area contributed by atoms with Gasteiger partial charge in [-0.05, 0) is 54.2 Å². The van der Waals surface area contributed by atoms with Crippen molar-refractivity contribution >= 4 is 10.0 Å². The van der Waals surface area contributed by atoms with Crippen LogP contribution in [0.2, 0.25) is 0 Å². The first kappa shape index (κ1) is 21.2. The first-order chi connectivity index (χ1) is 13.8. The van der Waals surface area contributed by atoms with Gasteiger partial charge in [-0.25, -0.2) is 13.1 Å². The van der Waals surface area contributed by atoms with Crippen molar-refractivity contribution in [1.82, 2.24) is 4.72 Å². The monoisotopic (exact) mass is 408 g/mol. The van der Waals surface area contributed by atoms with Gasteiger partial charge in [0.15, 0.2) is 0 Å². The Balaban J connectivity index is 1.92. The minimum atomic E-state index is -3.62. The third-order valence-electron chi connectivity index (χ3n) is 5.31. The first-order valence-electron chi connectivity index (χ1n) is 9.69. The zero-order chi connectivity index (χ0) is 21.0. The molecule has 0 aliphatic rings. The van der Waals surface area contributed by atoms with Crippen LogP contribution in [0.15, 0.2) is 72.8 Å². The van der Waals surface area contributed by atoms with Crippen molar-refractivity contribution in [2.75, 3.05) is 0 Å². The number of hydrogen-bond acceptors (Lipinski definition) is 3. The van der Waals surface area contributed by atoms with E-state index in [0.717, 1.165) is 33.4 Å². The molecule has 0 saturated carbocycles. The lowest BCUT2D eigenvalue weighted by Crippen LogP contribution is -2.36. The van der Waals surface area contributed by atoms with Crippen LogP contribution in [0, 0.1) is 20.8 Å². The topological polar surface area (TPSA) is 72.2 Å². The predicted molar refractivity (Wildman–Crippen MR) is 119 cm³/mol. The number of hydrogen-bond donors (Lipinski definition) is 2. The molecule has 0 bridgehead atoms. The Morgan fingerprint density at radius 2 is 1.31 bits per heavy atom. The number of nitrogens with two attached hydrogens (primary N) is 1. The van der Waals surface area contributed by atoms with E-state index < -0.39 is 22.1 Å². The molecule has 0 spiro atoms. The number of aryl methyl sites for hydroxylation is 3. The highest BCUT2D eigenvalue weighted by atomic mass is 32.2. The third-order valence-corrected chi connectivity index (χ3v) is 6.61. The Morgan fingerprint density at radius 3 is 1.90 bits per heavy atom. The second kappa shape index (κ2) is 8.91. The van der Waals surface area contributed by atoms with Crippen molar-refractivity contribution in [2.24, 2.45) is 5.73 Å². The van der Waals surface area contributed by atoms with Crippen molar-refractivity contribution in [3.63, 3.8) is 0 Å². The molecule has 152 valence electrons. The van der Waals surface area contributed by atoms with E-state index in [9.17, 15) is 8.42 Å². The summed E-state index contributed by atoms with van der Waals surface area (Å²) in [6, 6.07) is 22.0. The van der Waals surface area contributed by atoms with Gasteiger partial charge in [-0.15, -0.1) is 0 Å². The van der Waals surface area contributed by atoms with Gasteiger partial charge in [0.2, 0.25) is 10.0 Å². The lowest BCUT2D eigenvalue weighted by atomic mass is 9.95. The van der Waals surface area contributed by atoms with Crippen LogP contribution in [0.25, 0.3) is 0 Å². The van der Waals surface area contributed by atoms with E-state index in [0.29, 0.717) is 0 Å². The van der Waals surface area contributed by atoms with Crippen LogP contribution in [0.5, 0.6) is 0 Å². The average Bonchev–Trinajstić information content (AvgIpc) is 2.71. The summed E-state index contributed by atoms with van der Waals surface area (Å²) < 4.78 is 29.1. The molecule has 29 heavy (non-hydrogen) atoms. The van der Waals surface area contributed by atoms with E-state index in [4.69, 9.17) is 5.73 Å². The predicted octanol–water partition coefficient (Wildman–Crippen LogP) is 4.47. The van der Waals surface area contributed by atoms with Gasteiger partial charge in [0.1, 0.15) is 0 Å². The SMILES string of the molecule is Cc1cc(C)c(CS(=O)(=O)NC(c2ccccc2)C(N)c2ccccc2)cc1C. The van der Waals surface area contributed by atoms with E-state index in [-0.39, 0.29) is 5.75 Å². The summed E-state index contributed by atoms with van der Waals surface area (Å²) in [6.45, 7) is 5.97. The van der Waals surface area contributed by atoms with Gasteiger partial charge in [0.05, 0.1) is 17.8 Å². The molecular formula is C24H28N2O2S. The van der Waals surface area contributed by atoms with E-state index in [1.165, 1.54) is 0 Å². The highest BCUT2D eigenvalue weighted by Gasteiger charge is 2.27. The van der Waals surface area contributed by atoms with Gasteiger partial charge in [-0.1, -0.05) is 72.8 Å². The van der Waals surface area contributed by atoms with Crippen LogP contribution >= 0.6 is 0 Å². The quantitative estimate of drug-likeness (QED) is 0.606. The normalized spacial score (nSPS) is 13.8. The molecule has 3 aromatic rings.